The van der Waals surface area contributed by atoms with Crippen LogP contribution in [0.25, 0.3) is 0 Å². The van der Waals surface area contributed by atoms with Gasteiger partial charge in [-0.3, -0.25) is 0 Å². The maximum Gasteiger partial charge on any atom is 0.347 e. The molecule has 0 N–H and O–H groups in total. The lowest BCUT2D eigenvalue weighted by Gasteiger charge is -2.08. The highest BCUT2D eigenvalue weighted by Crippen LogP contribution is 2.20. The molecule has 0 bridgehead atoms. The van der Waals surface area contributed by atoms with Gasteiger partial charge in [0.15, 0.2) is 6.10 Å². The maximum atomic E-state index is 11.2. The van der Waals surface area contributed by atoms with Crippen LogP contribution in [0.3, 0.4) is 0 Å². The molecule has 0 aliphatic carbocycles. The second-order valence-electron chi connectivity index (χ2n) is 3.40. The van der Waals surface area contributed by atoms with Gasteiger partial charge in [-0.05, 0) is 19.1 Å². The molecule has 1 saturated heterocycles. The average molecular weight is 192 g/mol. The summed E-state index contributed by atoms with van der Waals surface area (Å²) in [6, 6.07) is 9.31. The molecule has 0 amide bonds. The molecular weight excluding hydrogens is 180 g/mol. The lowest BCUT2D eigenvalue weighted by Crippen LogP contribution is -2.21. The summed E-state index contributed by atoms with van der Waals surface area (Å²) in [5, 5.41) is 0. The van der Waals surface area contributed by atoms with Crippen LogP contribution in [0.5, 0.6) is 5.75 Å². The predicted octanol–water partition coefficient (Wildman–Crippen LogP) is 1.77. The van der Waals surface area contributed by atoms with Crippen molar-refractivity contribution in [2.75, 3.05) is 0 Å². The number of carbonyl (C=O) groups is 1. The third kappa shape index (κ3) is 1.87. The first-order chi connectivity index (χ1) is 6.75. The highest BCUT2D eigenvalue weighted by atomic mass is 16.6. The number of esters is 1. The van der Waals surface area contributed by atoms with Crippen LogP contribution in [0.4, 0.5) is 0 Å². The second-order valence-corrected chi connectivity index (χ2v) is 3.40. The number of cyclic esters (lactones) is 1. The molecule has 0 spiro atoms. The fourth-order valence-electron chi connectivity index (χ4n) is 1.48. The largest absolute Gasteiger partial charge is 0.479 e. The van der Waals surface area contributed by atoms with Crippen molar-refractivity contribution in [3.05, 3.63) is 30.3 Å². The average Bonchev–Trinajstić information content (AvgIpc) is 2.47. The van der Waals surface area contributed by atoms with Gasteiger partial charge in [-0.2, -0.15) is 0 Å². The molecule has 1 aromatic carbocycles. The van der Waals surface area contributed by atoms with E-state index in [1.165, 1.54) is 0 Å². The van der Waals surface area contributed by atoms with Crippen molar-refractivity contribution in [1.82, 2.24) is 0 Å². The molecule has 74 valence electrons. The summed E-state index contributed by atoms with van der Waals surface area (Å²) in [7, 11) is 0. The lowest BCUT2D eigenvalue weighted by atomic mass is 10.2. The van der Waals surface area contributed by atoms with Crippen LogP contribution in [0, 0.1) is 0 Å². The van der Waals surface area contributed by atoms with Gasteiger partial charge in [-0.25, -0.2) is 4.79 Å². The summed E-state index contributed by atoms with van der Waals surface area (Å²) in [5.41, 5.74) is 0. The second kappa shape index (κ2) is 3.70. The SMILES string of the molecule is C[C@@H]1C[C@@H](Oc2ccccc2)C(=O)O1. The van der Waals surface area contributed by atoms with E-state index in [9.17, 15) is 4.79 Å². The predicted molar refractivity (Wildman–Crippen MR) is 51.0 cm³/mol. The van der Waals surface area contributed by atoms with Crippen LogP contribution in [0.15, 0.2) is 30.3 Å². The van der Waals surface area contributed by atoms with E-state index in [4.69, 9.17) is 9.47 Å². The van der Waals surface area contributed by atoms with Crippen LogP contribution < -0.4 is 4.74 Å². The Morgan fingerprint density at radius 1 is 1.36 bits per heavy atom. The van der Waals surface area contributed by atoms with E-state index in [0.717, 1.165) is 0 Å². The Labute approximate surface area is 82.6 Å². The first-order valence-electron chi connectivity index (χ1n) is 4.68. The fourth-order valence-corrected chi connectivity index (χ4v) is 1.48. The quantitative estimate of drug-likeness (QED) is 0.670. The van der Waals surface area contributed by atoms with Crippen molar-refractivity contribution in [3.63, 3.8) is 0 Å². The molecule has 2 rings (SSSR count). The molecular formula is C11H12O3. The zero-order valence-electron chi connectivity index (χ0n) is 7.97. The first kappa shape index (κ1) is 9.06. The van der Waals surface area contributed by atoms with Gasteiger partial charge in [0.05, 0.1) is 0 Å². The molecule has 0 radical (unpaired) electrons. The molecule has 2 atom stereocenters. The Morgan fingerprint density at radius 2 is 2.07 bits per heavy atom. The minimum absolute atomic E-state index is 0.0313. The minimum Gasteiger partial charge on any atom is -0.479 e. The molecule has 14 heavy (non-hydrogen) atoms. The maximum absolute atomic E-state index is 11.2. The Bertz CT molecular complexity index is 321. The topological polar surface area (TPSA) is 35.5 Å². The molecule has 1 heterocycles. The van der Waals surface area contributed by atoms with Gasteiger partial charge in [0.25, 0.3) is 0 Å². The number of para-hydroxylation sites is 1. The van der Waals surface area contributed by atoms with Crippen molar-refractivity contribution in [2.45, 2.75) is 25.6 Å². The number of ether oxygens (including phenoxy) is 2. The summed E-state index contributed by atoms with van der Waals surface area (Å²) in [6.07, 6.45) is 0.164. The highest BCUT2D eigenvalue weighted by molar-refractivity contribution is 5.77. The fraction of sp³-hybridized carbons (Fsp3) is 0.364. The molecule has 0 aromatic heterocycles. The van der Waals surface area contributed by atoms with Gasteiger partial charge < -0.3 is 9.47 Å². The van der Waals surface area contributed by atoms with E-state index >= 15 is 0 Å². The number of benzene rings is 1. The third-order valence-electron chi connectivity index (χ3n) is 2.15. The Balaban J connectivity index is 2.02. The van der Waals surface area contributed by atoms with Crippen molar-refractivity contribution in [3.8, 4) is 5.75 Å². The standard InChI is InChI=1S/C11H12O3/c1-8-7-10(11(12)13-8)14-9-5-3-2-4-6-9/h2-6,8,10H,7H2,1H3/t8-,10-/m1/s1. The van der Waals surface area contributed by atoms with Crippen LogP contribution in [0.1, 0.15) is 13.3 Å². The first-order valence-corrected chi connectivity index (χ1v) is 4.68. The number of carbonyl (C=O) groups excluding carboxylic acids is 1. The molecule has 1 aromatic rings. The van der Waals surface area contributed by atoms with E-state index in [-0.39, 0.29) is 12.1 Å². The molecule has 0 unspecified atom stereocenters. The molecule has 1 aliphatic rings. The van der Waals surface area contributed by atoms with Crippen molar-refractivity contribution < 1.29 is 14.3 Å². The summed E-state index contributed by atoms with van der Waals surface area (Å²) in [4.78, 5) is 11.2. The van der Waals surface area contributed by atoms with Crippen LogP contribution in [-0.4, -0.2) is 18.2 Å². The van der Waals surface area contributed by atoms with Gasteiger partial charge in [0.1, 0.15) is 11.9 Å². The zero-order valence-corrected chi connectivity index (χ0v) is 7.97. The van der Waals surface area contributed by atoms with E-state index in [1.54, 1.807) is 0 Å². The number of rotatable bonds is 2. The Morgan fingerprint density at radius 3 is 2.64 bits per heavy atom. The summed E-state index contributed by atoms with van der Waals surface area (Å²) < 4.78 is 10.5. The molecule has 1 fully saturated rings. The number of hydrogen-bond acceptors (Lipinski definition) is 3. The smallest absolute Gasteiger partial charge is 0.347 e. The van der Waals surface area contributed by atoms with E-state index < -0.39 is 6.10 Å². The molecule has 0 saturated carbocycles. The summed E-state index contributed by atoms with van der Waals surface area (Å²) >= 11 is 0. The van der Waals surface area contributed by atoms with Crippen LogP contribution in [0.2, 0.25) is 0 Å². The van der Waals surface area contributed by atoms with Crippen molar-refractivity contribution in [2.24, 2.45) is 0 Å². The van der Waals surface area contributed by atoms with Gasteiger partial charge in [0, 0.05) is 6.42 Å². The van der Waals surface area contributed by atoms with Crippen LogP contribution >= 0.6 is 0 Å². The monoisotopic (exact) mass is 192 g/mol. The molecule has 3 heteroatoms. The van der Waals surface area contributed by atoms with Crippen molar-refractivity contribution in [1.29, 1.82) is 0 Å². The van der Waals surface area contributed by atoms with E-state index in [1.807, 2.05) is 37.3 Å². The van der Waals surface area contributed by atoms with Gasteiger partial charge in [-0.15, -0.1) is 0 Å². The zero-order chi connectivity index (χ0) is 9.97. The normalized spacial score (nSPS) is 25.9. The molecule has 3 nitrogen and oxygen atoms in total. The summed E-state index contributed by atoms with van der Waals surface area (Å²) in [5.74, 6) is 0.449. The highest BCUT2D eigenvalue weighted by Gasteiger charge is 2.33. The van der Waals surface area contributed by atoms with Gasteiger partial charge >= 0.3 is 5.97 Å². The van der Waals surface area contributed by atoms with Gasteiger partial charge in [-0.1, -0.05) is 18.2 Å². The van der Waals surface area contributed by atoms with Gasteiger partial charge in [0.2, 0.25) is 0 Å². The van der Waals surface area contributed by atoms with E-state index in [0.29, 0.717) is 12.2 Å². The Hall–Kier alpha value is -1.51. The number of hydrogen-bond donors (Lipinski definition) is 0. The van der Waals surface area contributed by atoms with Crippen LogP contribution in [-0.2, 0) is 9.53 Å². The Kier molecular flexibility index (Phi) is 2.39. The van der Waals surface area contributed by atoms with Crippen molar-refractivity contribution >= 4 is 5.97 Å². The lowest BCUT2D eigenvalue weighted by molar-refractivity contribution is -0.145. The van der Waals surface area contributed by atoms with E-state index in [2.05, 4.69) is 0 Å². The summed E-state index contributed by atoms with van der Waals surface area (Å²) in [6.45, 7) is 1.87. The minimum atomic E-state index is -0.438. The molecule has 1 aliphatic heterocycles. The third-order valence-corrected chi connectivity index (χ3v) is 2.15.